The van der Waals surface area contributed by atoms with E-state index in [0.29, 0.717) is 16.9 Å². The fourth-order valence-corrected chi connectivity index (χ4v) is 3.06. The molecule has 0 aliphatic rings. The Labute approximate surface area is 157 Å². The number of ketones is 1. The average molecular weight is 367 g/mol. The van der Waals surface area contributed by atoms with Crippen molar-refractivity contribution in [2.75, 3.05) is 13.7 Å². The number of rotatable bonds is 6. The molecule has 0 N–H and O–H groups in total. The minimum Gasteiger partial charge on any atom is -0.497 e. The van der Waals surface area contributed by atoms with E-state index >= 15 is 0 Å². The van der Waals surface area contributed by atoms with Gasteiger partial charge in [-0.25, -0.2) is 4.79 Å². The first-order valence-corrected chi connectivity index (χ1v) is 8.50. The highest BCUT2D eigenvalue weighted by Gasteiger charge is 2.20. The Kier molecular flexibility index (Phi) is 5.16. The first-order valence-electron chi connectivity index (χ1n) is 8.50. The van der Waals surface area contributed by atoms with Crippen LogP contribution in [0, 0.1) is 20.8 Å². The van der Waals surface area contributed by atoms with Crippen molar-refractivity contribution in [1.82, 2.24) is 4.57 Å². The summed E-state index contributed by atoms with van der Waals surface area (Å²) in [6, 6.07) is 10.9. The van der Waals surface area contributed by atoms with Crippen LogP contribution in [-0.2, 0) is 4.74 Å². The zero-order chi connectivity index (χ0) is 19.6. The molecule has 2 aromatic heterocycles. The van der Waals surface area contributed by atoms with E-state index in [0.717, 1.165) is 22.8 Å². The van der Waals surface area contributed by atoms with Gasteiger partial charge in [0.15, 0.2) is 6.61 Å². The van der Waals surface area contributed by atoms with Crippen molar-refractivity contribution in [1.29, 1.82) is 0 Å². The van der Waals surface area contributed by atoms with Crippen LogP contribution in [0.25, 0.3) is 5.69 Å². The van der Waals surface area contributed by atoms with E-state index in [-0.39, 0.29) is 12.4 Å². The Morgan fingerprint density at radius 3 is 2.33 bits per heavy atom. The van der Waals surface area contributed by atoms with E-state index in [2.05, 4.69) is 0 Å². The highest BCUT2D eigenvalue weighted by molar-refractivity contribution is 6.00. The van der Waals surface area contributed by atoms with Gasteiger partial charge < -0.3 is 18.5 Å². The van der Waals surface area contributed by atoms with Crippen molar-refractivity contribution < 1.29 is 23.5 Å². The summed E-state index contributed by atoms with van der Waals surface area (Å²) < 4.78 is 17.4. The second-order valence-corrected chi connectivity index (χ2v) is 6.21. The van der Waals surface area contributed by atoms with Crippen molar-refractivity contribution in [3.8, 4) is 11.4 Å². The molecule has 0 unspecified atom stereocenters. The molecule has 0 aliphatic heterocycles. The predicted octanol–water partition coefficient (Wildman–Crippen LogP) is 4.04. The molecule has 0 atom stereocenters. The minimum atomic E-state index is -0.571. The number of carbonyl (C=O) groups is 2. The summed E-state index contributed by atoms with van der Waals surface area (Å²) in [5, 5.41) is 0. The lowest BCUT2D eigenvalue weighted by molar-refractivity contribution is 0.0472. The molecule has 1 aromatic carbocycles. The Morgan fingerprint density at radius 2 is 1.74 bits per heavy atom. The molecule has 3 rings (SSSR count). The van der Waals surface area contributed by atoms with Crippen LogP contribution in [0.5, 0.6) is 5.75 Å². The molecule has 0 aliphatic carbocycles. The van der Waals surface area contributed by atoms with Crippen molar-refractivity contribution in [3.05, 3.63) is 70.9 Å². The summed E-state index contributed by atoms with van der Waals surface area (Å²) >= 11 is 0. The molecule has 0 saturated heterocycles. The molecule has 0 spiro atoms. The largest absolute Gasteiger partial charge is 0.497 e. The van der Waals surface area contributed by atoms with Gasteiger partial charge in [0.2, 0.25) is 5.78 Å². The monoisotopic (exact) mass is 367 g/mol. The lowest BCUT2D eigenvalue weighted by Gasteiger charge is -2.10. The van der Waals surface area contributed by atoms with Gasteiger partial charge in [-0.1, -0.05) is 0 Å². The van der Waals surface area contributed by atoms with Crippen molar-refractivity contribution in [2.45, 2.75) is 20.8 Å². The third kappa shape index (κ3) is 3.65. The number of hydrogen-bond acceptors (Lipinski definition) is 5. The third-order valence-corrected chi connectivity index (χ3v) is 4.48. The maximum Gasteiger partial charge on any atom is 0.342 e. The van der Waals surface area contributed by atoms with E-state index in [9.17, 15) is 9.59 Å². The third-order valence-electron chi connectivity index (χ3n) is 4.48. The normalized spacial score (nSPS) is 10.7. The van der Waals surface area contributed by atoms with Crippen molar-refractivity contribution >= 4 is 11.8 Å². The molecule has 0 amide bonds. The lowest BCUT2D eigenvalue weighted by atomic mass is 10.1. The number of nitrogens with zero attached hydrogens (tertiary/aromatic N) is 1. The molecule has 0 bridgehead atoms. The van der Waals surface area contributed by atoms with Crippen LogP contribution >= 0.6 is 0 Å². The van der Waals surface area contributed by atoms with Gasteiger partial charge in [0, 0.05) is 22.6 Å². The zero-order valence-electron chi connectivity index (χ0n) is 15.7. The molecule has 6 nitrogen and oxygen atoms in total. The maximum atomic E-state index is 12.6. The summed E-state index contributed by atoms with van der Waals surface area (Å²) in [7, 11) is 1.62. The molecule has 6 heteroatoms. The Bertz CT molecular complexity index is 979. The number of esters is 1. The number of hydrogen-bond donors (Lipinski definition) is 0. The van der Waals surface area contributed by atoms with Crippen LogP contribution in [0.3, 0.4) is 0 Å². The van der Waals surface area contributed by atoms with Crippen LogP contribution in [0.1, 0.15) is 37.9 Å². The van der Waals surface area contributed by atoms with E-state index in [1.165, 1.54) is 12.3 Å². The minimum absolute atomic E-state index is 0.252. The quantitative estimate of drug-likeness (QED) is 0.486. The van der Waals surface area contributed by atoms with Crippen LogP contribution < -0.4 is 4.74 Å². The van der Waals surface area contributed by atoms with Crippen LogP contribution in [-0.4, -0.2) is 30.0 Å². The van der Waals surface area contributed by atoms with Crippen molar-refractivity contribution in [2.24, 2.45) is 0 Å². The standard InChI is InChI=1S/C21H21NO5/c1-13-11-19(14(2)22(13)16-5-7-17(25-4)8-6-16)20(23)12-27-21(24)18-9-10-26-15(18)3/h5-11H,12H2,1-4H3. The van der Waals surface area contributed by atoms with Crippen LogP contribution in [0.2, 0.25) is 0 Å². The van der Waals surface area contributed by atoms with Crippen LogP contribution in [0.15, 0.2) is 47.1 Å². The molecule has 140 valence electrons. The van der Waals surface area contributed by atoms with E-state index in [1.54, 1.807) is 20.1 Å². The molecule has 27 heavy (non-hydrogen) atoms. The first kappa shape index (κ1) is 18.5. The molecule has 3 aromatic rings. The van der Waals surface area contributed by atoms with E-state index in [1.807, 2.05) is 42.7 Å². The SMILES string of the molecule is COc1ccc(-n2c(C)cc(C(=O)COC(=O)c3ccoc3C)c2C)cc1. The number of aromatic nitrogens is 1. The number of methoxy groups -OCH3 is 1. The lowest BCUT2D eigenvalue weighted by Crippen LogP contribution is -2.15. The Morgan fingerprint density at radius 1 is 1.04 bits per heavy atom. The second-order valence-electron chi connectivity index (χ2n) is 6.21. The zero-order valence-corrected chi connectivity index (χ0v) is 15.7. The summed E-state index contributed by atoms with van der Waals surface area (Å²) in [6.07, 6.45) is 1.41. The molecular weight excluding hydrogens is 346 g/mol. The second kappa shape index (κ2) is 7.53. The summed E-state index contributed by atoms with van der Waals surface area (Å²) in [4.78, 5) is 24.6. The smallest absolute Gasteiger partial charge is 0.342 e. The van der Waals surface area contributed by atoms with Crippen LogP contribution in [0.4, 0.5) is 0 Å². The topological polar surface area (TPSA) is 70.7 Å². The Hall–Kier alpha value is -3.28. The van der Waals surface area contributed by atoms with Crippen molar-refractivity contribution in [3.63, 3.8) is 0 Å². The molecular formula is C21H21NO5. The first-order chi connectivity index (χ1) is 12.9. The average Bonchev–Trinajstić information content (AvgIpc) is 3.22. The molecule has 0 fully saturated rings. The highest BCUT2D eigenvalue weighted by Crippen LogP contribution is 2.23. The molecule has 2 heterocycles. The molecule has 0 radical (unpaired) electrons. The maximum absolute atomic E-state index is 12.6. The fraction of sp³-hybridized carbons (Fsp3) is 0.238. The number of benzene rings is 1. The van der Waals surface area contributed by atoms with Gasteiger partial charge >= 0.3 is 5.97 Å². The van der Waals surface area contributed by atoms with E-state index in [4.69, 9.17) is 13.9 Å². The Balaban J connectivity index is 1.77. The number of Topliss-reactive ketones (excluding diaryl/α,β-unsaturated/α-hetero) is 1. The number of carbonyl (C=O) groups excluding carboxylic acids is 2. The van der Waals surface area contributed by atoms with Gasteiger partial charge in [-0.3, -0.25) is 4.79 Å². The summed E-state index contributed by atoms with van der Waals surface area (Å²) in [6.45, 7) is 5.14. The van der Waals surface area contributed by atoms with Gasteiger partial charge in [-0.15, -0.1) is 0 Å². The van der Waals surface area contributed by atoms with E-state index < -0.39 is 5.97 Å². The number of aryl methyl sites for hydroxylation is 2. The van der Waals surface area contributed by atoms with Gasteiger partial charge in [0.1, 0.15) is 17.1 Å². The highest BCUT2D eigenvalue weighted by atomic mass is 16.5. The number of ether oxygens (including phenoxy) is 2. The predicted molar refractivity (Wildman–Crippen MR) is 99.9 cm³/mol. The number of furan rings is 1. The molecule has 0 saturated carbocycles. The van der Waals surface area contributed by atoms with Gasteiger partial charge in [0.25, 0.3) is 0 Å². The summed E-state index contributed by atoms with van der Waals surface area (Å²) in [5.74, 6) is 0.403. The fourth-order valence-electron chi connectivity index (χ4n) is 3.06. The van der Waals surface area contributed by atoms with Gasteiger partial charge in [-0.2, -0.15) is 0 Å². The van der Waals surface area contributed by atoms with Gasteiger partial charge in [-0.05, 0) is 57.2 Å². The van der Waals surface area contributed by atoms with Gasteiger partial charge in [0.05, 0.1) is 13.4 Å². The summed E-state index contributed by atoms with van der Waals surface area (Å²) in [5.41, 5.74) is 3.48.